The lowest BCUT2D eigenvalue weighted by molar-refractivity contribution is -0.0329. The zero-order chi connectivity index (χ0) is 12.7. The molecule has 0 saturated heterocycles. The second-order valence-electron chi connectivity index (χ2n) is 4.39. The number of thioether (sulfide) groups is 1. The first-order valence-electron chi connectivity index (χ1n) is 5.74. The maximum Gasteiger partial charge on any atom is 0.441 e. The van der Waals surface area contributed by atoms with Crippen molar-refractivity contribution < 1.29 is 13.2 Å². The van der Waals surface area contributed by atoms with Crippen molar-refractivity contribution in [3.63, 3.8) is 0 Å². The number of alkyl halides is 3. The smallest absolute Gasteiger partial charge is 0.316 e. The summed E-state index contributed by atoms with van der Waals surface area (Å²) < 4.78 is 36.0. The molecule has 0 fully saturated rings. The normalized spacial score (nSPS) is 16.1. The molecule has 1 N–H and O–H groups in total. The van der Waals surface area contributed by atoms with Crippen LogP contribution in [0.2, 0.25) is 0 Å². The van der Waals surface area contributed by atoms with Crippen LogP contribution in [-0.4, -0.2) is 24.4 Å². The third-order valence-electron chi connectivity index (χ3n) is 2.80. The van der Waals surface area contributed by atoms with Gasteiger partial charge in [0.25, 0.3) is 0 Å². The third kappa shape index (κ3) is 8.28. The summed E-state index contributed by atoms with van der Waals surface area (Å²) in [6, 6.07) is 0. The van der Waals surface area contributed by atoms with E-state index in [0.29, 0.717) is 6.42 Å². The van der Waals surface area contributed by atoms with Gasteiger partial charge in [0.15, 0.2) is 0 Å². The van der Waals surface area contributed by atoms with Gasteiger partial charge in [0.1, 0.15) is 0 Å². The Labute approximate surface area is 101 Å². The first-order chi connectivity index (χ1) is 7.33. The zero-order valence-electron chi connectivity index (χ0n) is 10.3. The standard InChI is InChI=1S/C11H22F3NS/c1-4-7-15-9-10(3,5-2)6-8-16-11(12,13)14/h15H,4-9H2,1-3H3. The summed E-state index contributed by atoms with van der Waals surface area (Å²) in [7, 11) is 0. The van der Waals surface area contributed by atoms with E-state index < -0.39 is 5.51 Å². The number of nitrogens with one attached hydrogen (secondary N) is 1. The fourth-order valence-electron chi connectivity index (χ4n) is 1.37. The zero-order valence-corrected chi connectivity index (χ0v) is 11.1. The summed E-state index contributed by atoms with van der Waals surface area (Å²) in [5.41, 5.74) is -4.11. The molecule has 0 aliphatic heterocycles. The maximum atomic E-state index is 12.0. The van der Waals surface area contributed by atoms with Crippen LogP contribution < -0.4 is 5.32 Å². The van der Waals surface area contributed by atoms with E-state index in [-0.39, 0.29) is 22.9 Å². The molecule has 0 bridgehead atoms. The molecule has 0 spiro atoms. The van der Waals surface area contributed by atoms with Crippen LogP contribution in [0.5, 0.6) is 0 Å². The van der Waals surface area contributed by atoms with Crippen LogP contribution in [-0.2, 0) is 0 Å². The molecular weight excluding hydrogens is 235 g/mol. The van der Waals surface area contributed by atoms with Crippen molar-refractivity contribution in [2.75, 3.05) is 18.8 Å². The number of halogens is 3. The Balaban J connectivity index is 3.87. The van der Waals surface area contributed by atoms with E-state index >= 15 is 0 Å². The summed E-state index contributed by atoms with van der Waals surface area (Å²) in [5.74, 6) is 0.154. The molecule has 0 aliphatic rings. The lowest BCUT2D eigenvalue weighted by atomic mass is 9.84. The van der Waals surface area contributed by atoms with Gasteiger partial charge in [0.2, 0.25) is 0 Å². The Kier molecular flexibility index (Phi) is 7.48. The maximum absolute atomic E-state index is 12.0. The Morgan fingerprint density at radius 1 is 1.19 bits per heavy atom. The quantitative estimate of drug-likeness (QED) is 0.658. The summed E-state index contributed by atoms with van der Waals surface area (Å²) in [4.78, 5) is 0. The van der Waals surface area contributed by atoms with Gasteiger partial charge in [0.05, 0.1) is 0 Å². The van der Waals surface area contributed by atoms with E-state index in [0.717, 1.165) is 25.9 Å². The Hall–Kier alpha value is 0.100. The first-order valence-corrected chi connectivity index (χ1v) is 6.73. The molecule has 1 atom stereocenters. The van der Waals surface area contributed by atoms with Gasteiger partial charge in [0, 0.05) is 12.3 Å². The van der Waals surface area contributed by atoms with Gasteiger partial charge in [-0.05, 0) is 31.2 Å². The highest BCUT2D eigenvalue weighted by Crippen LogP contribution is 2.34. The van der Waals surface area contributed by atoms with Crippen molar-refractivity contribution in [2.45, 2.75) is 45.5 Å². The lowest BCUT2D eigenvalue weighted by Gasteiger charge is -2.28. The Bertz CT molecular complexity index is 185. The van der Waals surface area contributed by atoms with Crippen LogP contribution in [0.4, 0.5) is 13.2 Å². The first kappa shape index (κ1) is 16.1. The predicted octanol–water partition coefficient (Wildman–Crippen LogP) is 4.05. The summed E-state index contributed by atoms with van der Waals surface area (Å²) >= 11 is 0.0872. The predicted molar refractivity (Wildman–Crippen MR) is 64.7 cm³/mol. The molecule has 0 aromatic rings. The van der Waals surface area contributed by atoms with E-state index in [2.05, 4.69) is 12.2 Å². The van der Waals surface area contributed by atoms with Crippen LogP contribution in [0.3, 0.4) is 0 Å². The fourth-order valence-corrected chi connectivity index (χ4v) is 2.20. The lowest BCUT2D eigenvalue weighted by Crippen LogP contribution is -2.32. The fraction of sp³-hybridized carbons (Fsp3) is 1.00. The van der Waals surface area contributed by atoms with Gasteiger partial charge in [-0.1, -0.05) is 32.5 Å². The molecule has 0 amide bonds. The molecule has 98 valence electrons. The van der Waals surface area contributed by atoms with E-state index in [4.69, 9.17) is 0 Å². The van der Waals surface area contributed by atoms with E-state index in [9.17, 15) is 13.2 Å². The third-order valence-corrected chi connectivity index (χ3v) is 3.54. The number of hydrogen-bond acceptors (Lipinski definition) is 2. The minimum Gasteiger partial charge on any atom is -0.316 e. The molecule has 1 unspecified atom stereocenters. The molecule has 0 aromatic heterocycles. The molecule has 0 aromatic carbocycles. The summed E-state index contributed by atoms with van der Waals surface area (Å²) in [6.07, 6.45) is 2.56. The topological polar surface area (TPSA) is 12.0 Å². The second kappa shape index (κ2) is 7.43. The van der Waals surface area contributed by atoms with Gasteiger partial charge >= 0.3 is 5.51 Å². The van der Waals surface area contributed by atoms with Crippen LogP contribution in [0.1, 0.15) is 40.0 Å². The monoisotopic (exact) mass is 257 g/mol. The SMILES string of the molecule is CCCNCC(C)(CC)CCSC(F)(F)F. The van der Waals surface area contributed by atoms with Crippen molar-refractivity contribution in [2.24, 2.45) is 5.41 Å². The second-order valence-corrected chi connectivity index (χ2v) is 5.55. The van der Waals surface area contributed by atoms with Crippen LogP contribution in [0.25, 0.3) is 0 Å². The molecule has 1 nitrogen and oxygen atoms in total. The van der Waals surface area contributed by atoms with Gasteiger partial charge in [-0.25, -0.2) is 0 Å². The molecule has 5 heteroatoms. The molecule has 0 saturated carbocycles. The minimum absolute atomic E-state index is 0.0204. The summed E-state index contributed by atoms with van der Waals surface area (Å²) in [5, 5.41) is 3.28. The Morgan fingerprint density at radius 2 is 1.81 bits per heavy atom. The van der Waals surface area contributed by atoms with Crippen molar-refractivity contribution in [3.8, 4) is 0 Å². The highest BCUT2D eigenvalue weighted by atomic mass is 32.2. The van der Waals surface area contributed by atoms with E-state index in [1.54, 1.807) is 0 Å². The van der Waals surface area contributed by atoms with Crippen LogP contribution in [0, 0.1) is 5.41 Å². The molecule has 0 rings (SSSR count). The molecule has 0 radical (unpaired) electrons. The van der Waals surface area contributed by atoms with Gasteiger partial charge in [-0.15, -0.1) is 0 Å². The molecular formula is C11H22F3NS. The van der Waals surface area contributed by atoms with Gasteiger partial charge in [-0.2, -0.15) is 13.2 Å². The van der Waals surface area contributed by atoms with Crippen molar-refractivity contribution >= 4 is 11.8 Å². The van der Waals surface area contributed by atoms with Gasteiger partial charge < -0.3 is 5.32 Å². The van der Waals surface area contributed by atoms with Gasteiger partial charge in [-0.3, -0.25) is 0 Å². The largest absolute Gasteiger partial charge is 0.441 e. The minimum atomic E-state index is -4.09. The van der Waals surface area contributed by atoms with E-state index in [1.165, 1.54) is 0 Å². The number of rotatable bonds is 8. The highest BCUT2D eigenvalue weighted by molar-refractivity contribution is 8.00. The van der Waals surface area contributed by atoms with E-state index in [1.807, 2.05) is 13.8 Å². The average Bonchev–Trinajstić information content (AvgIpc) is 2.16. The van der Waals surface area contributed by atoms with Crippen molar-refractivity contribution in [1.82, 2.24) is 5.32 Å². The molecule has 16 heavy (non-hydrogen) atoms. The van der Waals surface area contributed by atoms with Crippen LogP contribution in [0.15, 0.2) is 0 Å². The summed E-state index contributed by atoms with van der Waals surface area (Å²) in [6.45, 7) is 7.89. The van der Waals surface area contributed by atoms with Crippen LogP contribution >= 0.6 is 11.8 Å². The Morgan fingerprint density at radius 3 is 2.25 bits per heavy atom. The molecule has 0 aliphatic carbocycles. The highest BCUT2D eigenvalue weighted by Gasteiger charge is 2.30. The van der Waals surface area contributed by atoms with Crippen molar-refractivity contribution in [3.05, 3.63) is 0 Å². The van der Waals surface area contributed by atoms with Crippen molar-refractivity contribution in [1.29, 1.82) is 0 Å². The molecule has 0 heterocycles. The average molecular weight is 257 g/mol. The number of hydrogen-bond donors (Lipinski definition) is 1.